The zero-order valence-electron chi connectivity index (χ0n) is 20.2. The summed E-state index contributed by atoms with van der Waals surface area (Å²) in [7, 11) is 6.08. The molecule has 0 radical (unpaired) electrons. The van der Waals surface area contributed by atoms with Gasteiger partial charge in [0.05, 0.1) is 46.1 Å². The van der Waals surface area contributed by atoms with Gasteiger partial charge in [-0.05, 0) is 23.3 Å². The smallest absolute Gasteiger partial charge is 0.308 e. The number of β-lactam (4-membered cyclic amide) rings is 1. The van der Waals surface area contributed by atoms with Gasteiger partial charge in [0.15, 0.2) is 23.0 Å². The summed E-state index contributed by atoms with van der Waals surface area (Å²) in [4.78, 5) is 27.0. The van der Waals surface area contributed by atoms with Gasteiger partial charge in [-0.2, -0.15) is 0 Å². The molecule has 1 saturated heterocycles. The Labute approximate surface area is 203 Å². The number of carbonyl (C=O) groups excluding carboxylic acids is 2. The first-order valence-electron chi connectivity index (χ1n) is 11.0. The van der Waals surface area contributed by atoms with Gasteiger partial charge in [0.2, 0.25) is 11.7 Å². The van der Waals surface area contributed by atoms with Crippen LogP contribution in [0, 0.1) is 0 Å². The molecule has 0 aromatic heterocycles. The minimum absolute atomic E-state index is 0.0830. The van der Waals surface area contributed by atoms with E-state index in [2.05, 4.69) is 0 Å². The normalized spacial score (nSPS) is 16.8. The molecule has 3 aromatic carbocycles. The number of nitrogens with zero attached hydrogens (tertiary/aromatic N) is 1. The van der Waals surface area contributed by atoms with Crippen LogP contribution in [0.1, 0.15) is 30.0 Å². The molecule has 0 bridgehead atoms. The van der Waals surface area contributed by atoms with Gasteiger partial charge in [-0.15, -0.1) is 0 Å². The standard InChI is InChI=1S/C27H27NO7/c1-16(29)35-21-13-18(11-12-20(21)31-2)25-24(17-9-7-6-8-10-17)27(30)28(25)19-14-22(32-3)26(34-5)23(15-19)33-4/h6-15,24-25H,1-5H3/t24-,25-/m0/s1. The molecule has 1 aliphatic heterocycles. The topological polar surface area (TPSA) is 83.5 Å². The molecule has 0 unspecified atom stereocenters. The largest absolute Gasteiger partial charge is 0.493 e. The summed E-state index contributed by atoms with van der Waals surface area (Å²) in [6.45, 7) is 1.33. The van der Waals surface area contributed by atoms with Gasteiger partial charge in [-0.3, -0.25) is 9.59 Å². The van der Waals surface area contributed by atoms with Gasteiger partial charge < -0.3 is 28.6 Å². The monoisotopic (exact) mass is 477 g/mol. The summed E-state index contributed by atoms with van der Waals surface area (Å²) in [5.74, 6) is 1.03. The van der Waals surface area contributed by atoms with Crippen molar-refractivity contribution in [3.63, 3.8) is 0 Å². The third-order valence-electron chi connectivity index (χ3n) is 5.97. The van der Waals surface area contributed by atoms with E-state index in [-0.39, 0.29) is 17.7 Å². The number of methoxy groups -OCH3 is 4. The molecular formula is C27H27NO7. The van der Waals surface area contributed by atoms with E-state index in [1.165, 1.54) is 35.4 Å². The van der Waals surface area contributed by atoms with Gasteiger partial charge in [0.25, 0.3) is 0 Å². The number of rotatable bonds is 8. The van der Waals surface area contributed by atoms with Crippen molar-refractivity contribution >= 4 is 17.6 Å². The third kappa shape index (κ3) is 4.35. The predicted octanol–water partition coefficient (Wildman–Crippen LogP) is 4.52. The first-order chi connectivity index (χ1) is 16.9. The van der Waals surface area contributed by atoms with Gasteiger partial charge >= 0.3 is 5.97 Å². The van der Waals surface area contributed by atoms with Crippen LogP contribution in [0.25, 0.3) is 0 Å². The zero-order valence-corrected chi connectivity index (χ0v) is 20.2. The van der Waals surface area contributed by atoms with Crippen molar-refractivity contribution in [1.29, 1.82) is 0 Å². The second kappa shape index (κ2) is 9.97. The maximum absolute atomic E-state index is 13.6. The van der Waals surface area contributed by atoms with E-state index in [0.29, 0.717) is 28.7 Å². The van der Waals surface area contributed by atoms with E-state index >= 15 is 0 Å². The Morgan fingerprint density at radius 2 is 1.37 bits per heavy atom. The van der Waals surface area contributed by atoms with Crippen LogP contribution in [0.5, 0.6) is 28.7 Å². The number of hydrogen-bond donors (Lipinski definition) is 0. The number of anilines is 1. The summed E-state index contributed by atoms with van der Waals surface area (Å²) in [6.07, 6.45) is 0. The highest BCUT2D eigenvalue weighted by molar-refractivity contribution is 6.07. The summed E-state index contributed by atoms with van der Waals surface area (Å²) < 4.78 is 27.2. The number of esters is 1. The number of amides is 1. The Morgan fingerprint density at radius 1 is 0.743 bits per heavy atom. The molecule has 1 fully saturated rings. The third-order valence-corrected chi connectivity index (χ3v) is 5.97. The van der Waals surface area contributed by atoms with Crippen LogP contribution in [0.4, 0.5) is 5.69 Å². The summed E-state index contributed by atoms with van der Waals surface area (Å²) >= 11 is 0. The fourth-order valence-electron chi connectivity index (χ4n) is 4.42. The van der Waals surface area contributed by atoms with Crippen molar-refractivity contribution in [2.75, 3.05) is 33.3 Å². The molecule has 35 heavy (non-hydrogen) atoms. The SMILES string of the molecule is COc1ccc([C@H]2[C@H](c3ccccc3)C(=O)N2c2cc(OC)c(OC)c(OC)c2)cc1OC(C)=O. The van der Waals surface area contributed by atoms with Gasteiger partial charge in [0, 0.05) is 19.1 Å². The fraction of sp³-hybridized carbons (Fsp3) is 0.259. The summed E-state index contributed by atoms with van der Waals surface area (Å²) in [5.41, 5.74) is 2.26. The predicted molar refractivity (Wildman–Crippen MR) is 130 cm³/mol. The molecule has 8 nitrogen and oxygen atoms in total. The highest BCUT2D eigenvalue weighted by atomic mass is 16.6. The molecule has 4 rings (SSSR count). The lowest BCUT2D eigenvalue weighted by Gasteiger charge is -2.48. The zero-order chi connectivity index (χ0) is 25.1. The van der Waals surface area contributed by atoms with E-state index in [0.717, 1.165) is 11.1 Å². The Bertz CT molecular complexity index is 1220. The summed E-state index contributed by atoms with van der Waals surface area (Å²) in [6, 6.07) is 18.0. The van der Waals surface area contributed by atoms with Crippen molar-refractivity contribution in [2.45, 2.75) is 18.9 Å². The molecule has 1 amide bonds. The van der Waals surface area contributed by atoms with E-state index in [9.17, 15) is 9.59 Å². The Hall–Kier alpha value is -4.20. The Kier molecular flexibility index (Phi) is 6.82. The number of benzene rings is 3. The lowest BCUT2D eigenvalue weighted by molar-refractivity contribution is -0.132. The molecule has 0 saturated carbocycles. The van der Waals surface area contributed by atoms with Crippen molar-refractivity contribution in [3.05, 3.63) is 71.8 Å². The molecule has 0 spiro atoms. The maximum Gasteiger partial charge on any atom is 0.308 e. The Morgan fingerprint density at radius 3 is 1.91 bits per heavy atom. The van der Waals surface area contributed by atoms with Crippen LogP contribution in [-0.4, -0.2) is 40.3 Å². The number of hydrogen-bond acceptors (Lipinski definition) is 7. The van der Waals surface area contributed by atoms with Gasteiger partial charge in [0.1, 0.15) is 0 Å². The molecule has 0 N–H and O–H groups in total. The molecule has 1 aliphatic rings. The average Bonchev–Trinajstić information content (AvgIpc) is 2.86. The lowest BCUT2D eigenvalue weighted by Crippen LogP contribution is -2.53. The van der Waals surface area contributed by atoms with Crippen LogP contribution in [0.15, 0.2) is 60.7 Å². The Balaban J connectivity index is 1.86. The first kappa shape index (κ1) is 23.9. The summed E-state index contributed by atoms with van der Waals surface area (Å²) in [5, 5.41) is 0. The fourth-order valence-corrected chi connectivity index (χ4v) is 4.42. The van der Waals surface area contributed by atoms with Crippen molar-refractivity contribution in [3.8, 4) is 28.7 Å². The van der Waals surface area contributed by atoms with Crippen LogP contribution in [0.3, 0.4) is 0 Å². The van der Waals surface area contributed by atoms with Gasteiger partial charge in [-0.1, -0.05) is 36.4 Å². The van der Waals surface area contributed by atoms with E-state index in [1.54, 1.807) is 29.2 Å². The molecule has 1 heterocycles. The van der Waals surface area contributed by atoms with E-state index in [4.69, 9.17) is 23.7 Å². The number of ether oxygens (including phenoxy) is 5. The highest BCUT2D eigenvalue weighted by Gasteiger charge is 2.50. The maximum atomic E-state index is 13.6. The molecule has 8 heteroatoms. The second-order valence-corrected chi connectivity index (χ2v) is 7.93. The minimum Gasteiger partial charge on any atom is -0.493 e. The number of carbonyl (C=O) groups is 2. The van der Waals surface area contributed by atoms with E-state index in [1.807, 2.05) is 36.4 Å². The molecular weight excluding hydrogens is 450 g/mol. The minimum atomic E-state index is -0.466. The molecule has 182 valence electrons. The second-order valence-electron chi connectivity index (χ2n) is 7.93. The molecule has 2 atom stereocenters. The first-order valence-corrected chi connectivity index (χ1v) is 11.0. The van der Waals surface area contributed by atoms with Crippen LogP contribution in [0.2, 0.25) is 0 Å². The quantitative estimate of drug-likeness (QED) is 0.268. The van der Waals surface area contributed by atoms with Gasteiger partial charge in [-0.25, -0.2) is 0 Å². The van der Waals surface area contributed by atoms with Crippen molar-refractivity contribution < 1.29 is 33.3 Å². The van der Waals surface area contributed by atoms with Crippen LogP contribution < -0.4 is 28.6 Å². The van der Waals surface area contributed by atoms with Crippen molar-refractivity contribution in [2.24, 2.45) is 0 Å². The molecule has 0 aliphatic carbocycles. The lowest BCUT2D eigenvalue weighted by atomic mass is 9.77. The van der Waals surface area contributed by atoms with E-state index < -0.39 is 11.9 Å². The van der Waals surface area contributed by atoms with Crippen LogP contribution >= 0.6 is 0 Å². The average molecular weight is 478 g/mol. The van der Waals surface area contributed by atoms with Crippen LogP contribution in [-0.2, 0) is 9.59 Å². The highest BCUT2D eigenvalue weighted by Crippen LogP contribution is 2.52. The molecule has 3 aromatic rings. The van der Waals surface area contributed by atoms with Crippen molar-refractivity contribution in [1.82, 2.24) is 0 Å².